The third-order valence-corrected chi connectivity index (χ3v) is 3.71. The van der Waals surface area contributed by atoms with Crippen molar-refractivity contribution in [3.05, 3.63) is 58.5 Å². The zero-order valence-corrected chi connectivity index (χ0v) is 14.0. The molecule has 2 aromatic carbocycles. The summed E-state index contributed by atoms with van der Waals surface area (Å²) in [6.07, 6.45) is 0. The largest absolute Gasteiger partial charge is 0.435 e. The minimum Gasteiger partial charge on any atom is -0.435 e. The topological polar surface area (TPSA) is 73.3 Å². The maximum Gasteiger partial charge on any atom is 0.387 e. The first-order chi connectivity index (χ1) is 12.3. The third kappa shape index (κ3) is 3.58. The summed E-state index contributed by atoms with van der Waals surface area (Å²) in [5.41, 5.74) is 1.14. The number of halogens is 2. The number of aromatic amines is 1. The summed E-state index contributed by atoms with van der Waals surface area (Å²) in [5, 5.41) is 0. The van der Waals surface area contributed by atoms with Crippen LogP contribution in [0.1, 0.15) is 30.2 Å². The zero-order chi connectivity index (χ0) is 18.8. The molecule has 0 unspecified atom stereocenters. The number of alkyl halides is 2. The molecule has 0 fully saturated rings. The SMILES string of the molecule is CC(C)n1c(=O)[nH]c2ccc(C(=O)Oc3cccc(OC(F)F)c3)cc21. The van der Waals surface area contributed by atoms with Crippen molar-refractivity contribution < 1.29 is 23.0 Å². The highest BCUT2D eigenvalue weighted by Crippen LogP contribution is 2.23. The molecule has 8 heteroatoms. The number of benzene rings is 2. The minimum atomic E-state index is -2.97. The average Bonchev–Trinajstić information content (AvgIpc) is 2.89. The Morgan fingerprint density at radius 2 is 1.85 bits per heavy atom. The highest BCUT2D eigenvalue weighted by Gasteiger charge is 2.15. The van der Waals surface area contributed by atoms with Gasteiger partial charge in [0, 0.05) is 12.1 Å². The van der Waals surface area contributed by atoms with Gasteiger partial charge in [0.15, 0.2) is 0 Å². The molecule has 0 amide bonds. The van der Waals surface area contributed by atoms with Gasteiger partial charge in [-0.2, -0.15) is 8.78 Å². The molecule has 6 nitrogen and oxygen atoms in total. The van der Waals surface area contributed by atoms with Crippen molar-refractivity contribution >= 4 is 17.0 Å². The number of imidazole rings is 1. The van der Waals surface area contributed by atoms with Crippen LogP contribution in [0, 0.1) is 0 Å². The highest BCUT2D eigenvalue weighted by molar-refractivity contribution is 5.95. The van der Waals surface area contributed by atoms with Gasteiger partial charge in [0.1, 0.15) is 11.5 Å². The Kier molecular flexibility index (Phi) is 4.75. The van der Waals surface area contributed by atoms with E-state index in [9.17, 15) is 18.4 Å². The fraction of sp³-hybridized carbons (Fsp3) is 0.222. The standard InChI is InChI=1S/C18H16F2N2O4/c1-10(2)22-15-8-11(6-7-14(15)21-18(22)24)16(23)25-12-4-3-5-13(9-12)26-17(19)20/h3-10,17H,1-2H3,(H,21,24). The summed E-state index contributed by atoms with van der Waals surface area (Å²) in [6.45, 7) is 0.743. The number of carbonyl (C=O) groups is 1. The van der Waals surface area contributed by atoms with E-state index in [4.69, 9.17) is 4.74 Å². The summed E-state index contributed by atoms with van der Waals surface area (Å²) < 4.78 is 35.6. The number of fused-ring (bicyclic) bond motifs is 1. The number of aromatic nitrogens is 2. The Labute approximate surface area is 147 Å². The lowest BCUT2D eigenvalue weighted by Gasteiger charge is -2.09. The van der Waals surface area contributed by atoms with Crippen molar-refractivity contribution in [2.75, 3.05) is 0 Å². The molecule has 0 radical (unpaired) electrons. The van der Waals surface area contributed by atoms with Crippen LogP contribution in [-0.2, 0) is 0 Å². The van der Waals surface area contributed by atoms with E-state index < -0.39 is 12.6 Å². The minimum absolute atomic E-state index is 0.0727. The van der Waals surface area contributed by atoms with Crippen LogP contribution < -0.4 is 15.2 Å². The van der Waals surface area contributed by atoms with Gasteiger partial charge in [-0.3, -0.25) is 4.57 Å². The highest BCUT2D eigenvalue weighted by atomic mass is 19.3. The monoisotopic (exact) mass is 362 g/mol. The number of nitrogens with one attached hydrogen (secondary N) is 1. The molecule has 0 spiro atoms. The van der Waals surface area contributed by atoms with Crippen molar-refractivity contribution in [3.8, 4) is 11.5 Å². The summed E-state index contributed by atoms with van der Waals surface area (Å²) in [6, 6.07) is 10.0. The molecule has 0 bridgehead atoms. The molecule has 0 aliphatic rings. The first kappa shape index (κ1) is 17.7. The smallest absolute Gasteiger partial charge is 0.387 e. The van der Waals surface area contributed by atoms with E-state index in [2.05, 4.69) is 9.72 Å². The molecule has 3 rings (SSSR count). The van der Waals surface area contributed by atoms with E-state index in [1.165, 1.54) is 34.9 Å². The van der Waals surface area contributed by atoms with E-state index in [-0.39, 0.29) is 28.8 Å². The van der Waals surface area contributed by atoms with Crippen LogP contribution in [0.25, 0.3) is 11.0 Å². The molecule has 0 saturated carbocycles. The Bertz CT molecular complexity index is 1010. The van der Waals surface area contributed by atoms with Gasteiger partial charge in [-0.05, 0) is 44.2 Å². The summed E-state index contributed by atoms with van der Waals surface area (Å²) in [4.78, 5) is 27.1. The molecule has 1 heterocycles. The molecule has 1 aromatic heterocycles. The molecule has 0 atom stereocenters. The number of rotatable bonds is 5. The van der Waals surface area contributed by atoms with Crippen LogP contribution in [0.5, 0.6) is 11.5 Å². The normalized spacial score (nSPS) is 11.3. The van der Waals surface area contributed by atoms with E-state index in [1.807, 2.05) is 13.8 Å². The predicted molar refractivity (Wildman–Crippen MR) is 91.0 cm³/mol. The number of carbonyl (C=O) groups excluding carboxylic acids is 1. The molecule has 1 N–H and O–H groups in total. The maximum atomic E-state index is 12.4. The van der Waals surface area contributed by atoms with Crippen LogP contribution in [0.3, 0.4) is 0 Å². The van der Waals surface area contributed by atoms with Crippen molar-refractivity contribution in [1.82, 2.24) is 9.55 Å². The van der Waals surface area contributed by atoms with Crippen molar-refractivity contribution in [2.24, 2.45) is 0 Å². The van der Waals surface area contributed by atoms with Gasteiger partial charge in [-0.15, -0.1) is 0 Å². The van der Waals surface area contributed by atoms with Crippen LogP contribution in [0.15, 0.2) is 47.3 Å². The average molecular weight is 362 g/mol. The fourth-order valence-corrected chi connectivity index (χ4v) is 2.64. The van der Waals surface area contributed by atoms with E-state index >= 15 is 0 Å². The number of H-pyrrole nitrogens is 1. The molecule has 0 aliphatic heterocycles. The first-order valence-corrected chi connectivity index (χ1v) is 7.86. The van der Waals surface area contributed by atoms with Crippen LogP contribution in [0.4, 0.5) is 8.78 Å². The van der Waals surface area contributed by atoms with Crippen molar-refractivity contribution in [3.63, 3.8) is 0 Å². The van der Waals surface area contributed by atoms with Gasteiger partial charge < -0.3 is 14.5 Å². The van der Waals surface area contributed by atoms with Crippen LogP contribution >= 0.6 is 0 Å². The fourth-order valence-electron chi connectivity index (χ4n) is 2.64. The lowest BCUT2D eigenvalue weighted by molar-refractivity contribution is -0.0499. The number of ether oxygens (including phenoxy) is 2. The number of hydrogen-bond donors (Lipinski definition) is 1. The van der Waals surface area contributed by atoms with Crippen LogP contribution in [-0.4, -0.2) is 22.1 Å². The summed E-state index contributed by atoms with van der Waals surface area (Å²) in [7, 11) is 0. The van der Waals surface area contributed by atoms with Gasteiger partial charge in [0.05, 0.1) is 16.6 Å². The Morgan fingerprint density at radius 1 is 1.12 bits per heavy atom. The van der Waals surface area contributed by atoms with E-state index in [0.29, 0.717) is 11.0 Å². The lowest BCUT2D eigenvalue weighted by atomic mass is 10.2. The maximum absolute atomic E-state index is 12.4. The van der Waals surface area contributed by atoms with Gasteiger partial charge in [-0.25, -0.2) is 9.59 Å². The second-order valence-corrected chi connectivity index (χ2v) is 5.87. The molecule has 0 saturated heterocycles. The van der Waals surface area contributed by atoms with Crippen LogP contribution in [0.2, 0.25) is 0 Å². The Hall–Kier alpha value is -3.16. The third-order valence-electron chi connectivity index (χ3n) is 3.71. The molecular formula is C18H16F2N2O4. The second-order valence-electron chi connectivity index (χ2n) is 5.87. The number of nitrogens with zero attached hydrogens (tertiary/aromatic N) is 1. The van der Waals surface area contributed by atoms with Gasteiger partial charge in [0.2, 0.25) is 0 Å². The number of hydrogen-bond acceptors (Lipinski definition) is 4. The molecule has 26 heavy (non-hydrogen) atoms. The van der Waals surface area contributed by atoms with Gasteiger partial charge >= 0.3 is 18.3 Å². The molecule has 3 aromatic rings. The predicted octanol–water partition coefficient (Wildman–Crippen LogP) is 3.73. The van der Waals surface area contributed by atoms with Gasteiger partial charge in [0.25, 0.3) is 0 Å². The van der Waals surface area contributed by atoms with Gasteiger partial charge in [-0.1, -0.05) is 6.07 Å². The summed E-state index contributed by atoms with van der Waals surface area (Å²) >= 11 is 0. The first-order valence-electron chi connectivity index (χ1n) is 7.86. The summed E-state index contributed by atoms with van der Waals surface area (Å²) in [5.74, 6) is -0.714. The van der Waals surface area contributed by atoms with E-state index in [0.717, 1.165) is 0 Å². The molecule has 136 valence electrons. The quantitative estimate of drug-likeness (QED) is 0.554. The second kappa shape index (κ2) is 6.99. The molecular weight excluding hydrogens is 346 g/mol. The van der Waals surface area contributed by atoms with E-state index in [1.54, 1.807) is 12.1 Å². The Morgan fingerprint density at radius 3 is 2.54 bits per heavy atom. The van der Waals surface area contributed by atoms with Crippen molar-refractivity contribution in [1.29, 1.82) is 0 Å². The molecule has 0 aliphatic carbocycles. The zero-order valence-electron chi connectivity index (χ0n) is 14.0. The lowest BCUT2D eigenvalue weighted by Crippen LogP contribution is -2.18. The Balaban J connectivity index is 1.88. The number of esters is 1. The van der Waals surface area contributed by atoms with Crippen molar-refractivity contribution in [2.45, 2.75) is 26.5 Å².